The van der Waals surface area contributed by atoms with E-state index in [1.165, 1.54) is 10.4 Å². The zero-order valence-corrected chi connectivity index (χ0v) is 14.6. The monoisotopic (exact) mass is 345 g/mol. The molecule has 0 fully saturated rings. The average Bonchev–Trinajstić information content (AvgIpc) is 3.21. The van der Waals surface area contributed by atoms with Crippen LogP contribution >= 0.6 is 23.1 Å². The van der Waals surface area contributed by atoms with Gasteiger partial charge in [-0.25, -0.2) is 0 Å². The first kappa shape index (κ1) is 16.2. The molecule has 3 aromatic rings. The molecule has 2 heterocycles. The van der Waals surface area contributed by atoms with Crippen molar-refractivity contribution in [3.8, 4) is 0 Å². The maximum Gasteiger partial charge on any atom is 0.191 e. The van der Waals surface area contributed by atoms with Crippen LogP contribution in [0, 0.1) is 6.92 Å². The molecule has 0 aliphatic carbocycles. The molecule has 6 heteroatoms. The molecule has 0 spiro atoms. The average molecular weight is 345 g/mol. The summed E-state index contributed by atoms with van der Waals surface area (Å²) < 4.78 is 2.19. The first-order valence-electron chi connectivity index (χ1n) is 7.50. The lowest BCUT2D eigenvalue weighted by atomic mass is 10.2. The third-order valence-corrected chi connectivity index (χ3v) is 5.61. The summed E-state index contributed by atoms with van der Waals surface area (Å²) in [5.74, 6) is 1.81. The molecule has 1 aromatic carbocycles. The molecular weight excluding hydrogens is 326 g/mol. The van der Waals surface area contributed by atoms with E-state index >= 15 is 0 Å². The van der Waals surface area contributed by atoms with Gasteiger partial charge in [-0.15, -0.1) is 21.5 Å². The van der Waals surface area contributed by atoms with Crippen LogP contribution in [-0.2, 0) is 25.3 Å². The first-order chi connectivity index (χ1) is 11.3. The zero-order valence-electron chi connectivity index (χ0n) is 13.0. The SMILES string of the molecule is Cc1nnc(SCc2ccc(CO)cc2)n1CCc1cccs1. The van der Waals surface area contributed by atoms with E-state index in [1.807, 2.05) is 19.1 Å². The molecule has 2 aromatic heterocycles. The Balaban J connectivity index is 1.63. The Morgan fingerprint density at radius 1 is 1.13 bits per heavy atom. The van der Waals surface area contributed by atoms with Crippen molar-refractivity contribution in [2.75, 3.05) is 0 Å². The molecule has 4 nitrogen and oxygen atoms in total. The van der Waals surface area contributed by atoms with Crippen LogP contribution in [0.2, 0.25) is 0 Å². The predicted molar refractivity (Wildman–Crippen MR) is 94.7 cm³/mol. The molecule has 120 valence electrons. The van der Waals surface area contributed by atoms with Crippen LogP contribution in [0.3, 0.4) is 0 Å². The second-order valence-electron chi connectivity index (χ2n) is 5.27. The van der Waals surface area contributed by atoms with Crippen LogP contribution in [0.1, 0.15) is 21.8 Å². The fourth-order valence-electron chi connectivity index (χ4n) is 2.29. The van der Waals surface area contributed by atoms with Gasteiger partial charge in [0.2, 0.25) is 0 Å². The first-order valence-corrected chi connectivity index (χ1v) is 9.36. The van der Waals surface area contributed by atoms with Gasteiger partial charge in [0.25, 0.3) is 0 Å². The van der Waals surface area contributed by atoms with Crippen LogP contribution in [0.15, 0.2) is 46.9 Å². The molecule has 1 N–H and O–H groups in total. The molecule has 0 saturated carbocycles. The van der Waals surface area contributed by atoms with Gasteiger partial charge in [-0.1, -0.05) is 42.1 Å². The van der Waals surface area contributed by atoms with Gasteiger partial charge in [-0.2, -0.15) is 0 Å². The number of nitrogens with zero attached hydrogens (tertiary/aromatic N) is 3. The minimum atomic E-state index is 0.0870. The Morgan fingerprint density at radius 2 is 1.91 bits per heavy atom. The third-order valence-electron chi connectivity index (χ3n) is 3.64. The maximum atomic E-state index is 9.09. The molecule has 0 radical (unpaired) electrons. The van der Waals surface area contributed by atoms with Crippen molar-refractivity contribution in [2.45, 2.75) is 37.4 Å². The van der Waals surface area contributed by atoms with Crippen LogP contribution in [0.25, 0.3) is 0 Å². The summed E-state index contributed by atoms with van der Waals surface area (Å²) in [6.07, 6.45) is 1.01. The Labute approximate surface area is 144 Å². The quantitative estimate of drug-likeness (QED) is 0.664. The number of thiophene rings is 1. The lowest BCUT2D eigenvalue weighted by molar-refractivity contribution is 0.282. The molecule has 0 aliphatic rings. The number of hydrogen-bond acceptors (Lipinski definition) is 5. The summed E-state index contributed by atoms with van der Waals surface area (Å²) in [6, 6.07) is 12.3. The van der Waals surface area contributed by atoms with E-state index in [2.05, 4.69) is 44.4 Å². The van der Waals surface area contributed by atoms with Crippen molar-refractivity contribution in [2.24, 2.45) is 0 Å². The Hall–Kier alpha value is -1.63. The van der Waals surface area contributed by atoms with Gasteiger partial charge in [-0.05, 0) is 35.9 Å². The van der Waals surface area contributed by atoms with E-state index in [4.69, 9.17) is 5.11 Å². The molecule has 0 amide bonds. The standard InChI is InChI=1S/C17H19N3OS2/c1-13-18-19-17(20(13)9-8-16-3-2-10-22-16)23-12-15-6-4-14(11-21)5-7-15/h2-7,10,21H,8-9,11-12H2,1H3. The highest BCUT2D eigenvalue weighted by atomic mass is 32.2. The predicted octanol–water partition coefficient (Wildman–Crippen LogP) is 3.68. The summed E-state index contributed by atoms with van der Waals surface area (Å²) in [5.41, 5.74) is 2.16. The third kappa shape index (κ3) is 4.22. The minimum absolute atomic E-state index is 0.0870. The molecule has 3 rings (SSSR count). The van der Waals surface area contributed by atoms with Crippen molar-refractivity contribution in [1.29, 1.82) is 0 Å². The van der Waals surface area contributed by atoms with E-state index in [1.54, 1.807) is 23.1 Å². The van der Waals surface area contributed by atoms with Crippen molar-refractivity contribution in [1.82, 2.24) is 14.8 Å². The smallest absolute Gasteiger partial charge is 0.191 e. The van der Waals surface area contributed by atoms with Crippen LogP contribution in [-0.4, -0.2) is 19.9 Å². The molecule has 0 atom stereocenters. The normalized spacial score (nSPS) is 11.0. The second-order valence-corrected chi connectivity index (χ2v) is 7.25. The van der Waals surface area contributed by atoms with Gasteiger partial charge >= 0.3 is 0 Å². The van der Waals surface area contributed by atoms with Crippen molar-refractivity contribution >= 4 is 23.1 Å². The number of aryl methyl sites for hydroxylation is 2. The van der Waals surface area contributed by atoms with Crippen LogP contribution in [0.5, 0.6) is 0 Å². The minimum Gasteiger partial charge on any atom is -0.392 e. The van der Waals surface area contributed by atoms with Gasteiger partial charge in [0.15, 0.2) is 5.16 Å². The van der Waals surface area contributed by atoms with E-state index in [9.17, 15) is 0 Å². The van der Waals surface area contributed by atoms with Gasteiger partial charge < -0.3 is 9.67 Å². The Bertz CT molecular complexity index is 736. The highest BCUT2D eigenvalue weighted by molar-refractivity contribution is 7.98. The van der Waals surface area contributed by atoms with Crippen molar-refractivity contribution in [3.63, 3.8) is 0 Å². The Kier molecular flexibility index (Phi) is 5.48. The fraction of sp³-hybridized carbons (Fsp3) is 0.294. The zero-order chi connectivity index (χ0) is 16.1. The van der Waals surface area contributed by atoms with E-state index in [0.29, 0.717) is 0 Å². The lowest BCUT2D eigenvalue weighted by Gasteiger charge is -2.08. The fourth-order valence-corrected chi connectivity index (χ4v) is 3.96. The number of rotatable bonds is 7. The van der Waals surface area contributed by atoms with Gasteiger partial charge in [0.05, 0.1) is 6.61 Å². The van der Waals surface area contributed by atoms with E-state index in [0.717, 1.165) is 35.3 Å². The number of benzene rings is 1. The largest absolute Gasteiger partial charge is 0.392 e. The summed E-state index contributed by atoms with van der Waals surface area (Å²) in [7, 11) is 0. The number of aliphatic hydroxyl groups excluding tert-OH is 1. The van der Waals surface area contributed by atoms with Crippen LogP contribution < -0.4 is 0 Å². The molecule has 0 unspecified atom stereocenters. The summed E-state index contributed by atoms with van der Waals surface area (Å²) in [4.78, 5) is 1.38. The molecule has 0 saturated heterocycles. The highest BCUT2D eigenvalue weighted by Gasteiger charge is 2.10. The number of hydrogen-bond donors (Lipinski definition) is 1. The molecule has 0 aliphatic heterocycles. The van der Waals surface area contributed by atoms with E-state index < -0.39 is 0 Å². The van der Waals surface area contributed by atoms with Crippen molar-refractivity contribution < 1.29 is 5.11 Å². The van der Waals surface area contributed by atoms with Gasteiger partial charge in [-0.3, -0.25) is 0 Å². The molecular formula is C17H19N3OS2. The molecule has 23 heavy (non-hydrogen) atoms. The number of aromatic nitrogens is 3. The highest BCUT2D eigenvalue weighted by Crippen LogP contribution is 2.23. The second kappa shape index (κ2) is 7.77. The summed E-state index contributed by atoms with van der Waals surface area (Å²) in [5, 5.41) is 20.7. The molecule has 0 bridgehead atoms. The van der Waals surface area contributed by atoms with Gasteiger partial charge in [0.1, 0.15) is 5.82 Å². The van der Waals surface area contributed by atoms with Crippen molar-refractivity contribution in [3.05, 3.63) is 63.6 Å². The Morgan fingerprint density at radius 3 is 2.61 bits per heavy atom. The topological polar surface area (TPSA) is 50.9 Å². The lowest BCUT2D eigenvalue weighted by Crippen LogP contribution is -2.04. The number of thioether (sulfide) groups is 1. The van der Waals surface area contributed by atoms with Crippen LogP contribution in [0.4, 0.5) is 0 Å². The van der Waals surface area contributed by atoms with E-state index in [-0.39, 0.29) is 6.61 Å². The van der Waals surface area contributed by atoms with Gasteiger partial charge in [0, 0.05) is 17.2 Å². The number of aliphatic hydroxyl groups is 1. The summed E-state index contributed by atoms with van der Waals surface area (Å²) in [6.45, 7) is 3.00. The summed E-state index contributed by atoms with van der Waals surface area (Å²) >= 11 is 3.49. The maximum absolute atomic E-state index is 9.09.